The highest BCUT2D eigenvalue weighted by Gasteiger charge is 2.02. The molecule has 0 aliphatic rings. The smallest absolute Gasteiger partial charge is 0.137 e. The third kappa shape index (κ3) is 5.08. The van der Waals surface area contributed by atoms with Crippen molar-refractivity contribution in [3.05, 3.63) is 28.8 Å². The summed E-state index contributed by atoms with van der Waals surface area (Å²) in [6.07, 6.45) is 1.45. The fourth-order valence-corrected chi connectivity index (χ4v) is 1.73. The summed E-state index contributed by atoms with van der Waals surface area (Å²) in [4.78, 5) is 0. The van der Waals surface area contributed by atoms with Crippen molar-refractivity contribution in [2.45, 2.75) is 19.8 Å². The largest absolute Gasteiger partial charge is 0.492 e. The molecule has 17 heavy (non-hydrogen) atoms. The Morgan fingerprint density at radius 3 is 2.88 bits per heavy atom. The van der Waals surface area contributed by atoms with Crippen LogP contribution in [0, 0.1) is 11.3 Å². The van der Waals surface area contributed by atoms with Gasteiger partial charge in [0.05, 0.1) is 17.7 Å². The minimum absolute atomic E-state index is 0.546. The maximum atomic E-state index is 8.38. The minimum Gasteiger partial charge on any atom is -0.492 e. The van der Waals surface area contributed by atoms with Crippen LogP contribution in [-0.2, 0) is 6.42 Å². The zero-order valence-electron chi connectivity index (χ0n) is 10.0. The standard InChI is InChI=1S/C13H17ClN2O/c1-2-17-13-5-4-11(10-12(13)14)6-9-16-8-3-7-15/h4-5,10,16H,2-3,6,8-9H2,1H3. The molecule has 1 N–H and O–H groups in total. The van der Waals surface area contributed by atoms with Crippen molar-refractivity contribution in [1.82, 2.24) is 5.32 Å². The van der Waals surface area contributed by atoms with Crippen LogP contribution in [0.25, 0.3) is 0 Å². The predicted molar refractivity (Wildman–Crippen MR) is 69.4 cm³/mol. The van der Waals surface area contributed by atoms with Gasteiger partial charge in [-0.25, -0.2) is 0 Å². The molecule has 0 aromatic heterocycles. The zero-order chi connectivity index (χ0) is 12.5. The number of nitrogens with zero attached hydrogens (tertiary/aromatic N) is 1. The van der Waals surface area contributed by atoms with E-state index in [2.05, 4.69) is 11.4 Å². The molecule has 0 atom stereocenters. The second kappa shape index (κ2) is 7.94. The lowest BCUT2D eigenvalue weighted by Gasteiger charge is -2.08. The Hall–Kier alpha value is -1.24. The van der Waals surface area contributed by atoms with Gasteiger partial charge in [-0.15, -0.1) is 0 Å². The predicted octanol–water partition coefficient (Wildman–Crippen LogP) is 2.78. The molecular formula is C13H17ClN2O. The fraction of sp³-hybridized carbons (Fsp3) is 0.462. The van der Waals surface area contributed by atoms with Gasteiger partial charge in [0.1, 0.15) is 5.75 Å². The van der Waals surface area contributed by atoms with Crippen molar-refractivity contribution in [2.24, 2.45) is 0 Å². The molecule has 0 aliphatic carbocycles. The van der Waals surface area contributed by atoms with Gasteiger partial charge in [0, 0.05) is 13.0 Å². The highest BCUT2D eigenvalue weighted by Crippen LogP contribution is 2.25. The van der Waals surface area contributed by atoms with Crippen LogP contribution in [0.3, 0.4) is 0 Å². The Bertz CT molecular complexity index is 387. The lowest BCUT2D eigenvalue weighted by atomic mass is 10.1. The van der Waals surface area contributed by atoms with Gasteiger partial charge in [-0.1, -0.05) is 17.7 Å². The molecule has 0 amide bonds. The summed E-state index contributed by atoms with van der Waals surface area (Å²) < 4.78 is 5.37. The molecule has 0 aliphatic heterocycles. The molecule has 4 heteroatoms. The van der Waals surface area contributed by atoms with E-state index in [0.29, 0.717) is 18.1 Å². The van der Waals surface area contributed by atoms with Gasteiger partial charge < -0.3 is 10.1 Å². The average Bonchev–Trinajstić information content (AvgIpc) is 2.32. The van der Waals surface area contributed by atoms with Crippen LogP contribution >= 0.6 is 11.6 Å². The summed E-state index contributed by atoms with van der Waals surface area (Å²) >= 11 is 6.08. The van der Waals surface area contributed by atoms with Gasteiger partial charge in [0.15, 0.2) is 0 Å². The topological polar surface area (TPSA) is 45.0 Å². The second-order valence-electron chi connectivity index (χ2n) is 3.61. The van der Waals surface area contributed by atoms with Gasteiger partial charge in [-0.05, 0) is 37.6 Å². The number of rotatable bonds is 7. The number of halogens is 1. The van der Waals surface area contributed by atoms with E-state index in [-0.39, 0.29) is 0 Å². The van der Waals surface area contributed by atoms with E-state index in [4.69, 9.17) is 21.6 Å². The minimum atomic E-state index is 0.546. The molecule has 0 saturated heterocycles. The van der Waals surface area contributed by atoms with Crippen LogP contribution in [0.2, 0.25) is 5.02 Å². The van der Waals surface area contributed by atoms with Gasteiger partial charge in [-0.2, -0.15) is 5.26 Å². The SMILES string of the molecule is CCOc1ccc(CCNCCC#N)cc1Cl. The summed E-state index contributed by atoms with van der Waals surface area (Å²) in [5.74, 6) is 0.732. The number of nitriles is 1. The summed E-state index contributed by atoms with van der Waals surface area (Å²) in [7, 11) is 0. The summed E-state index contributed by atoms with van der Waals surface area (Å²) in [5.41, 5.74) is 1.17. The molecule has 3 nitrogen and oxygen atoms in total. The van der Waals surface area contributed by atoms with Crippen molar-refractivity contribution in [3.8, 4) is 11.8 Å². The van der Waals surface area contributed by atoms with E-state index in [1.54, 1.807) is 0 Å². The van der Waals surface area contributed by atoms with E-state index < -0.39 is 0 Å². The van der Waals surface area contributed by atoms with Crippen LogP contribution in [0.5, 0.6) is 5.75 Å². The van der Waals surface area contributed by atoms with Gasteiger partial charge in [-0.3, -0.25) is 0 Å². The number of benzene rings is 1. The molecule has 1 aromatic carbocycles. The molecule has 0 saturated carbocycles. The third-order valence-corrected chi connectivity index (χ3v) is 2.60. The number of ether oxygens (including phenoxy) is 1. The first-order valence-corrected chi connectivity index (χ1v) is 6.14. The van der Waals surface area contributed by atoms with Crippen LogP contribution in [-0.4, -0.2) is 19.7 Å². The monoisotopic (exact) mass is 252 g/mol. The molecule has 1 aromatic rings. The number of nitrogens with one attached hydrogen (secondary N) is 1. The van der Waals surface area contributed by atoms with Crippen molar-refractivity contribution in [2.75, 3.05) is 19.7 Å². The van der Waals surface area contributed by atoms with Gasteiger partial charge in [0.25, 0.3) is 0 Å². The van der Waals surface area contributed by atoms with Crippen LogP contribution < -0.4 is 10.1 Å². The van der Waals surface area contributed by atoms with Gasteiger partial charge >= 0.3 is 0 Å². The van der Waals surface area contributed by atoms with Gasteiger partial charge in [0.2, 0.25) is 0 Å². The number of hydrogen-bond donors (Lipinski definition) is 1. The van der Waals surface area contributed by atoms with Crippen LogP contribution in [0.4, 0.5) is 0 Å². The highest BCUT2D eigenvalue weighted by atomic mass is 35.5. The normalized spacial score (nSPS) is 9.94. The Balaban J connectivity index is 2.39. The fourth-order valence-electron chi connectivity index (χ4n) is 1.47. The molecule has 0 fully saturated rings. The van der Waals surface area contributed by atoms with Crippen LogP contribution in [0.15, 0.2) is 18.2 Å². The molecule has 1 rings (SSSR count). The first-order valence-electron chi connectivity index (χ1n) is 5.76. The van der Waals surface area contributed by atoms with Crippen molar-refractivity contribution in [3.63, 3.8) is 0 Å². The zero-order valence-corrected chi connectivity index (χ0v) is 10.8. The lowest BCUT2D eigenvalue weighted by molar-refractivity contribution is 0.340. The first kappa shape index (κ1) is 13.8. The molecule has 0 radical (unpaired) electrons. The van der Waals surface area contributed by atoms with E-state index in [1.165, 1.54) is 5.56 Å². The maximum Gasteiger partial charge on any atom is 0.137 e. The average molecular weight is 253 g/mol. The maximum absolute atomic E-state index is 8.38. The molecule has 0 heterocycles. The molecule has 92 valence electrons. The van der Waals surface area contributed by atoms with E-state index in [9.17, 15) is 0 Å². The molecule has 0 unspecified atom stereocenters. The highest BCUT2D eigenvalue weighted by molar-refractivity contribution is 6.32. The number of hydrogen-bond acceptors (Lipinski definition) is 3. The summed E-state index contributed by atoms with van der Waals surface area (Å²) in [6.45, 7) is 4.14. The van der Waals surface area contributed by atoms with E-state index >= 15 is 0 Å². The van der Waals surface area contributed by atoms with Crippen molar-refractivity contribution in [1.29, 1.82) is 5.26 Å². The second-order valence-corrected chi connectivity index (χ2v) is 4.01. The Labute approximate surface area is 107 Å². The Kier molecular flexibility index (Phi) is 6.46. The molecule has 0 bridgehead atoms. The van der Waals surface area contributed by atoms with Crippen molar-refractivity contribution < 1.29 is 4.74 Å². The third-order valence-electron chi connectivity index (χ3n) is 2.30. The lowest BCUT2D eigenvalue weighted by Crippen LogP contribution is -2.18. The Morgan fingerprint density at radius 2 is 2.24 bits per heavy atom. The molecule has 0 spiro atoms. The quantitative estimate of drug-likeness (QED) is 0.759. The summed E-state index contributed by atoms with van der Waals surface area (Å²) in [6, 6.07) is 7.94. The van der Waals surface area contributed by atoms with Crippen molar-refractivity contribution >= 4 is 11.6 Å². The van der Waals surface area contributed by atoms with E-state index in [1.807, 2.05) is 25.1 Å². The van der Waals surface area contributed by atoms with Crippen LogP contribution in [0.1, 0.15) is 18.9 Å². The van der Waals surface area contributed by atoms with E-state index in [0.717, 1.165) is 25.3 Å². The first-order chi connectivity index (χ1) is 8.27. The molecular weight excluding hydrogens is 236 g/mol. The Morgan fingerprint density at radius 1 is 1.41 bits per heavy atom. The summed E-state index contributed by atoms with van der Waals surface area (Å²) in [5, 5.41) is 12.2.